The van der Waals surface area contributed by atoms with E-state index >= 15 is 0 Å². The third kappa shape index (κ3) is 5240. The van der Waals surface area contributed by atoms with Gasteiger partial charge in [0.15, 0.2) is 0 Å². The van der Waals surface area contributed by atoms with Crippen molar-refractivity contribution in [3.63, 3.8) is 0 Å². The standard InChI is InChI=1S/H2O4S.H2O3S.S/c1-5(2,3)4;1-4(2)3;/h(H2,1,2,3,4);(H2,1,2,3);/q;;+4/p-4. The second kappa shape index (κ2) is 7.40. The van der Waals surface area contributed by atoms with Crippen LogP contribution in [0.1, 0.15) is 0 Å². The van der Waals surface area contributed by atoms with Crippen LogP contribution in [0.5, 0.6) is 0 Å². The Morgan fingerprint density at radius 1 is 1.10 bits per heavy atom. The van der Waals surface area contributed by atoms with Crippen LogP contribution < -0.4 is 0 Å². The van der Waals surface area contributed by atoms with Gasteiger partial charge in [-0.25, -0.2) is 0 Å². The van der Waals surface area contributed by atoms with Crippen LogP contribution in [0.15, 0.2) is 0 Å². The predicted molar refractivity (Wildman–Crippen MR) is 27.8 cm³/mol. The third-order valence-corrected chi connectivity index (χ3v) is 0. The van der Waals surface area contributed by atoms with Crippen molar-refractivity contribution in [1.29, 1.82) is 0 Å². The zero-order chi connectivity index (χ0) is 8.08. The Kier molecular flexibility index (Phi) is 12.4. The summed E-state index contributed by atoms with van der Waals surface area (Å²) in [5, 5.41) is 0. The molecule has 0 atom stereocenters. The molecule has 0 aromatic heterocycles. The molecule has 0 bridgehead atoms. The molecule has 0 fully saturated rings. The smallest absolute Gasteiger partial charge is 0.784 e. The maximum atomic E-state index is 8.52. The minimum atomic E-state index is -5.17. The molecule has 0 spiro atoms. The molecule has 0 rings (SSSR count). The van der Waals surface area contributed by atoms with Gasteiger partial charge >= 0.3 is 13.5 Å². The molecule has 7 nitrogen and oxygen atoms in total. The van der Waals surface area contributed by atoms with E-state index in [0.717, 1.165) is 0 Å². The fraction of sp³-hybridized carbons (Fsp3) is 0. The van der Waals surface area contributed by atoms with Crippen molar-refractivity contribution in [2.24, 2.45) is 0 Å². The molecule has 10 heteroatoms. The monoisotopic (exact) mass is 208 g/mol. The third-order valence-electron chi connectivity index (χ3n) is 0. The quantitative estimate of drug-likeness (QED) is 0.262. The average molecular weight is 208 g/mol. The molecule has 0 aromatic rings. The Bertz CT molecular complexity index is 151. The first-order valence-electron chi connectivity index (χ1n) is 1.17. The van der Waals surface area contributed by atoms with E-state index in [1.165, 1.54) is 0 Å². The summed E-state index contributed by atoms with van der Waals surface area (Å²) in [6.07, 6.45) is 0. The largest absolute Gasteiger partial charge is 4.00 e. The van der Waals surface area contributed by atoms with Gasteiger partial charge in [0.1, 0.15) is 0 Å². The normalized spacial score (nSPS) is 9.30. The van der Waals surface area contributed by atoms with Crippen LogP contribution in [0, 0.1) is 0 Å². The second-order valence-electron chi connectivity index (χ2n) is 0.612. The minimum Gasteiger partial charge on any atom is -0.784 e. The van der Waals surface area contributed by atoms with Crippen LogP contribution in [0.2, 0.25) is 0 Å². The Morgan fingerprint density at radius 3 is 1.10 bits per heavy atom. The van der Waals surface area contributed by atoms with Crippen molar-refractivity contribution in [2.75, 3.05) is 0 Å². The molecule has 0 amide bonds. The second-order valence-corrected chi connectivity index (χ2v) is 1.84. The van der Waals surface area contributed by atoms with Crippen molar-refractivity contribution in [3.8, 4) is 0 Å². The van der Waals surface area contributed by atoms with Gasteiger partial charge in [-0.15, -0.1) is 11.4 Å². The van der Waals surface area contributed by atoms with Crippen molar-refractivity contribution in [2.45, 2.75) is 0 Å². The van der Waals surface area contributed by atoms with E-state index in [4.69, 9.17) is 30.8 Å². The number of hydrogen-bond donors (Lipinski definition) is 0. The van der Waals surface area contributed by atoms with Crippen LogP contribution in [-0.2, 0) is 21.8 Å². The molecular formula is O7S3. The average Bonchev–Trinajstić information content (AvgIpc) is 1.19. The molecule has 0 N–H and O–H groups in total. The van der Waals surface area contributed by atoms with Gasteiger partial charge < -0.3 is 18.2 Å². The molecule has 60 valence electrons. The molecule has 2 radical (unpaired) electrons. The molecule has 0 aromatic carbocycles. The molecule has 0 heterocycles. The van der Waals surface area contributed by atoms with Gasteiger partial charge in [-0.05, 0) is 0 Å². The summed E-state index contributed by atoms with van der Waals surface area (Å²) >= 11 is -3.11. The van der Waals surface area contributed by atoms with E-state index in [-0.39, 0.29) is 13.5 Å². The van der Waals surface area contributed by atoms with Crippen LogP contribution in [-0.4, -0.2) is 30.8 Å². The Labute approximate surface area is 66.6 Å². The summed E-state index contributed by atoms with van der Waals surface area (Å²) in [4.78, 5) is 0. The molecule has 0 aliphatic heterocycles. The van der Waals surface area contributed by atoms with Crippen LogP contribution in [0.3, 0.4) is 0 Å². The molecule has 10 heavy (non-hydrogen) atoms. The van der Waals surface area contributed by atoms with Crippen molar-refractivity contribution >= 4 is 35.3 Å². The Hall–Kier alpha value is 0.290. The van der Waals surface area contributed by atoms with Gasteiger partial charge in [-0.1, -0.05) is 0 Å². The summed E-state index contributed by atoms with van der Waals surface area (Å²) in [7, 11) is -5.17. The van der Waals surface area contributed by atoms with Gasteiger partial charge in [0.25, 0.3) is 0 Å². The molecule has 0 saturated heterocycles. The SMILES string of the molecule is O=S(=O)([O-])[O-].O=S([O-])[O-].[S+4]. The van der Waals surface area contributed by atoms with E-state index < -0.39 is 21.8 Å². The van der Waals surface area contributed by atoms with E-state index in [1.807, 2.05) is 0 Å². The fourth-order valence-corrected chi connectivity index (χ4v) is 0. The summed E-state index contributed by atoms with van der Waals surface area (Å²) in [6.45, 7) is 0. The topological polar surface area (TPSA) is 143 Å². The van der Waals surface area contributed by atoms with Gasteiger partial charge in [-0.3, -0.25) is 12.6 Å². The fourth-order valence-electron chi connectivity index (χ4n) is 0. The Morgan fingerprint density at radius 2 is 1.10 bits per heavy atom. The van der Waals surface area contributed by atoms with Crippen LogP contribution >= 0.6 is 13.5 Å². The molecule has 0 unspecified atom stereocenters. The van der Waals surface area contributed by atoms with Crippen molar-refractivity contribution in [1.82, 2.24) is 0 Å². The van der Waals surface area contributed by atoms with Crippen molar-refractivity contribution < 1.29 is 30.8 Å². The first-order chi connectivity index (χ1) is 3.73. The summed E-state index contributed by atoms with van der Waals surface area (Å²) in [5.74, 6) is 0. The van der Waals surface area contributed by atoms with Gasteiger partial charge in [-0.2, -0.15) is 0 Å². The first-order valence-corrected chi connectivity index (χ1v) is 3.50. The summed E-state index contributed by atoms with van der Waals surface area (Å²) in [5.41, 5.74) is 0. The molecule has 0 aliphatic carbocycles. The zero-order valence-electron chi connectivity index (χ0n) is 4.08. The van der Waals surface area contributed by atoms with E-state index in [1.54, 1.807) is 0 Å². The van der Waals surface area contributed by atoms with E-state index in [9.17, 15) is 0 Å². The van der Waals surface area contributed by atoms with Gasteiger partial charge in [0.05, 0.1) is 0 Å². The van der Waals surface area contributed by atoms with Crippen molar-refractivity contribution in [3.05, 3.63) is 0 Å². The maximum Gasteiger partial charge on any atom is 4.00 e. The van der Waals surface area contributed by atoms with Crippen LogP contribution in [0.4, 0.5) is 0 Å². The number of hydrogen-bond acceptors (Lipinski definition) is 7. The number of rotatable bonds is 0. The minimum absolute atomic E-state index is 0. The van der Waals surface area contributed by atoms with E-state index in [2.05, 4.69) is 0 Å². The summed E-state index contributed by atoms with van der Waals surface area (Å²) < 4.78 is 59.4. The maximum absolute atomic E-state index is 8.52. The Balaban J connectivity index is -0.0000000910. The first kappa shape index (κ1) is 16.7. The summed E-state index contributed by atoms with van der Waals surface area (Å²) in [6, 6.07) is 0. The molecule has 0 saturated carbocycles. The predicted octanol–water partition coefficient (Wildman–Crippen LogP) is -1.69. The zero-order valence-corrected chi connectivity index (χ0v) is 6.53. The van der Waals surface area contributed by atoms with E-state index in [0.29, 0.717) is 0 Å². The molecule has 0 aliphatic rings. The van der Waals surface area contributed by atoms with Crippen LogP contribution in [0.25, 0.3) is 0 Å². The molecular weight excluding hydrogens is 208 g/mol. The van der Waals surface area contributed by atoms with Gasteiger partial charge in [0.2, 0.25) is 0 Å². The van der Waals surface area contributed by atoms with Gasteiger partial charge in [0, 0.05) is 10.4 Å².